The first-order valence-corrected chi connectivity index (χ1v) is 11.4. The van der Waals surface area contributed by atoms with E-state index >= 15 is 0 Å². The maximum absolute atomic E-state index is 10.6. The molecule has 3 aliphatic rings. The molecule has 6 rings (SSSR count). The zero-order chi connectivity index (χ0) is 22.3. The van der Waals surface area contributed by atoms with Gasteiger partial charge in [-0.05, 0) is 47.9 Å². The Labute approximate surface area is 187 Å². The Hall–Kier alpha value is -2.93. The normalized spacial score (nSPS) is 34.9. The highest BCUT2D eigenvalue weighted by Crippen LogP contribution is 2.77. The Kier molecular flexibility index (Phi) is 4.03. The van der Waals surface area contributed by atoms with Crippen molar-refractivity contribution in [2.45, 2.75) is 58.7 Å². The molecule has 4 heterocycles. The number of phenolic OH excluding ortho intramolecular Hbond substituents is 1. The molecule has 1 aliphatic carbocycles. The van der Waals surface area contributed by atoms with E-state index in [0.29, 0.717) is 40.1 Å². The lowest BCUT2D eigenvalue weighted by Gasteiger charge is -2.35. The van der Waals surface area contributed by atoms with Crippen LogP contribution in [0, 0.1) is 23.7 Å². The summed E-state index contributed by atoms with van der Waals surface area (Å²) in [6.07, 6.45) is 4.04. The van der Waals surface area contributed by atoms with Crippen molar-refractivity contribution in [2.24, 2.45) is 16.7 Å². The number of aromatic hydroxyl groups is 1. The standard InChI is InChI=1S/C25H29N5O2/c1-14-9-10-30(29-14)16-5-6-18(20(31)11-16)19-7-8-23(28-27-19)32-17-12-21-24(3)15(2)25(24,4)22(13-17)26-21/h5-11,15,17,21-22,26,31H,12-13H2,1-4H3/t15?,17?,21?,22?,24-,25?/m0/s1. The van der Waals surface area contributed by atoms with E-state index in [1.165, 1.54) is 0 Å². The number of hydrogen-bond acceptors (Lipinski definition) is 6. The van der Waals surface area contributed by atoms with Crippen molar-refractivity contribution < 1.29 is 9.84 Å². The Morgan fingerprint density at radius 3 is 2.41 bits per heavy atom. The summed E-state index contributed by atoms with van der Waals surface area (Å²) < 4.78 is 7.98. The molecule has 2 aromatic heterocycles. The molecule has 2 aliphatic heterocycles. The summed E-state index contributed by atoms with van der Waals surface area (Å²) >= 11 is 0. The Morgan fingerprint density at radius 1 is 1.06 bits per heavy atom. The van der Waals surface area contributed by atoms with Crippen molar-refractivity contribution in [1.82, 2.24) is 25.3 Å². The molecule has 3 fully saturated rings. The first kappa shape index (κ1) is 19.7. The van der Waals surface area contributed by atoms with Gasteiger partial charge in [0, 0.05) is 48.8 Å². The van der Waals surface area contributed by atoms with Crippen LogP contribution in [0.2, 0.25) is 0 Å². The number of nitrogens with zero attached hydrogens (tertiary/aromatic N) is 4. The zero-order valence-electron chi connectivity index (χ0n) is 18.9. The van der Waals surface area contributed by atoms with Crippen molar-refractivity contribution in [2.75, 3.05) is 0 Å². The third kappa shape index (κ3) is 2.60. The summed E-state index contributed by atoms with van der Waals surface area (Å²) in [5.41, 5.74) is 3.72. The summed E-state index contributed by atoms with van der Waals surface area (Å²) in [4.78, 5) is 0. The van der Waals surface area contributed by atoms with Crippen LogP contribution in [-0.2, 0) is 0 Å². The summed E-state index contributed by atoms with van der Waals surface area (Å²) in [6.45, 7) is 9.18. The minimum absolute atomic E-state index is 0.142. The molecule has 1 aromatic carbocycles. The van der Waals surface area contributed by atoms with Gasteiger partial charge in [0.25, 0.3) is 0 Å². The fourth-order valence-electron chi connectivity index (χ4n) is 6.55. The third-order valence-electron chi connectivity index (χ3n) is 8.90. The number of ether oxygens (including phenoxy) is 1. The lowest BCUT2D eigenvalue weighted by Crippen LogP contribution is -2.49. The molecule has 0 spiro atoms. The van der Waals surface area contributed by atoms with Crippen molar-refractivity contribution in [3.05, 3.63) is 48.3 Å². The number of nitrogens with one attached hydrogen (secondary N) is 1. The average molecular weight is 432 g/mol. The number of phenols is 1. The Bertz CT molecular complexity index is 1170. The van der Waals surface area contributed by atoms with Crippen LogP contribution in [0.1, 0.15) is 39.3 Å². The molecule has 6 atom stereocenters. The average Bonchev–Trinajstić information content (AvgIpc) is 3.06. The minimum atomic E-state index is 0.142. The fourth-order valence-corrected chi connectivity index (χ4v) is 6.55. The van der Waals surface area contributed by atoms with Crippen LogP contribution in [0.5, 0.6) is 11.6 Å². The van der Waals surface area contributed by atoms with Crippen LogP contribution in [0.3, 0.4) is 0 Å². The Morgan fingerprint density at radius 2 is 1.81 bits per heavy atom. The molecular weight excluding hydrogens is 402 g/mol. The van der Waals surface area contributed by atoms with E-state index in [1.54, 1.807) is 10.7 Å². The molecular formula is C25H29N5O2. The highest BCUT2D eigenvalue weighted by Gasteiger charge is 2.79. The fraction of sp³-hybridized carbons (Fsp3) is 0.480. The van der Waals surface area contributed by atoms with Gasteiger partial charge in [-0.2, -0.15) is 5.10 Å². The third-order valence-corrected chi connectivity index (χ3v) is 8.90. The second-order valence-electron chi connectivity index (χ2n) is 10.1. The SMILES string of the molecule is Cc1ccn(-c2ccc(-c3ccc(OC4CC5NC(C4)[C@]4(C)C(C)C54C)nn3)c(O)c2)n1. The predicted octanol–water partition coefficient (Wildman–Crippen LogP) is 3.89. The highest BCUT2D eigenvalue weighted by molar-refractivity contribution is 5.68. The molecule has 0 amide bonds. The summed E-state index contributed by atoms with van der Waals surface area (Å²) in [6, 6.07) is 12.1. The quantitative estimate of drug-likeness (QED) is 0.652. The van der Waals surface area contributed by atoms with E-state index in [4.69, 9.17) is 4.74 Å². The van der Waals surface area contributed by atoms with Gasteiger partial charge in [0.05, 0.1) is 17.1 Å². The molecule has 32 heavy (non-hydrogen) atoms. The molecule has 1 saturated carbocycles. The molecule has 0 radical (unpaired) electrons. The topological polar surface area (TPSA) is 85.1 Å². The van der Waals surface area contributed by atoms with Gasteiger partial charge in [-0.25, -0.2) is 4.68 Å². The largest absolute Gasteiger partial charge is 0.507 e. The van der Waals surface area contributed by atoms with E-state index in [9.17, 15) is 5.11 Å². The summed E-state index contributed by atoms with van der Waals surface area (Å²) in [5, 5.41) is 27.4. The molecule has 2 saturated heterocycles. The van der Waals surface area contributed by atoms with E-state index in [2.05, 4.69) is 41.4 Å². The van der Waals surface area contributed by atoms with Crippen LogP contribution >= 0.6 is 0 Å². The molecule has 3 aromatic rings. The van der Waals surface area contributed by atoms with Crippen LogP contribution in [0.15, 0.2) is 42.6 Å². The highest BCUT2D eigenvalue weighted by atomic mass is 16.5. The van der Waals surface area contributed by atoms with Gasteiger partial charge in [0.2, 0.25) is 5.88 Å². The molecule has 7 nitrogen and oxygen atoms in total. The molecule has 166 valence electrons. The van der Waals surface area contributed by atoms with Crippen molar-refractivity contribution >= 4 is 0 Å². The second kappa shape index (κ2) is 6.54. The van der Waals surface area contributed by atoms with Crippen LogP contribution < -0.4 is 10.1 Å². The minimum Gasteiger partial charge on any atom is -0.507 e. The number of piperidine rings is 2. The van der Waals surface area contributed by atoms with Gasteiger partial charge in [0.15, 0.2) is 0 Å². The smallest absolute Gasteiger partial charge is 0.233 e. The number of aromatic nitrogens is 4. The number of fused-ring (bicyclic) bond motifs is 5. The lowest BCUT2D eigenvalue weighted by atomic mass is 9.90. The maximum Gasteiger partial charge on any atom is 0.233 e. The van der Waals surface area contributed by atoms with Gasteiger partial charge < -0.3 is 15.2 Å². The van der Waals surface area contributed by atoms with Gasteiger partial charge in [-0.15, -0.1) is 10.2 Å². The molecule has 2 bridgehead atoms. The number of benzene rings is 1. The van der Waals surface area contributed by atoms with Crippen LogP contribution in [-0.4, -0.2) is 43.3 Å². The number of hydrogen-bond donors (Lipinski definition) is 2. The molecule has 2 N–H and O–H groups in total. The van der Waals surface area contributed by atoms with Gasteiger partial charge >= 0.3 is 0 Å². The van der Waals surface area contributed by atoms with Crippen LogP contribution in [0.4, 0.5) is 0 Å². The first-order valence-electron chi connectivity index (χ1n) is 11.4. The van der Waals surface area contributed by atoms with Crippen molar-refractivity contribution in [3.63, 3.8) is 0 Å². The molecule has 7 heteroatoms. The summed E-state index contributed by atoms with van der Waals surface area (Å²) in [5.74, 6) is 1.45. The van der Waals surface area contributed by atoms with E-state index in [-0.39, 0.29) is 11.9 Å². The van der Waals surface area contributed by atoms with Crippen molar-refractivity contribution in [1.29, 1.82) is 0 Å². The number of aryl methyl sites for hydroxylation is 1. The second-order valence-corrected chi connectivity index (χ2v) is 10.1. The molecule has 5 unspecified atom stereocenters. The first-order chi connectivity index (χ1) is 15.3. The van der Waals surface area contributed by atoms with Gasteiger partial charge in [0.1, 0.15) is 11.9 Å². The lowest BCUT2D eigenvalue weighted by molar-refractivity contribution is 0.103. The van der Waals surface area contributed by atoms with E-state index in [1.807, 2.05) is 43.5 Å². The Balaban J connectivity index is 1.16. The predicted molar refractivity (Wildman–Crippen MR) is 121 cm³/mol. The van der Waals surface area contributed by atoms with E-state index < -0.39 is 0 Å². The van der Waals surface area contributed by atoms with Gasteiger partial charge in [-0.3, -0.25) is 0 Å². The maximum atomic E-state index is 10.6. The monoisotopic (exact) mass is 431 g/mol. The zero-order valence-corrected chi connectivity index (χ0v) is 18.9. The van der Waals surface area contributed by atoms with Crippen molar-refractivity contribution in [3.8, 4) is 28.6 Å². The van der Waals surface area contributed by atoms with Gasteiger partial charge in [-0.1, -0.05) is 20.8 Å². The van der Waals surface area contributed by atoms with E-state index in [0.717, 1.165) is 30.1 Å². The van der Waals surface area contributed by atoms with Crippen LogP contribution in [0.25, 0.3) is 16.9 Å². The summed E-state index contributed by atoms with van der Waals surface area (Å²) in [7, 11) is 0. The number of rotatable bonds is 4.